The molecule has 15 heteroatoms. The van der Waals surface area contributed by atoms with E-state index in [2.05, 4.69) is 21.8 Å². The van der Waals surface area contributed by atoms with Crippen LogP contribution in [0.25, 0.3) is 0 Å². The number of primary amides is 1. The molecule has 1 fully saturated rings. The minimum atomic E-state index is -5.52. The molecule has 35 heavy (non-hydrogen) atoms. The number of sulfone groups is 1. The molecule has 4 N–H and O–H groups in total. The lowest BCUT2D eigenvalue weighted by atomic mass is 9.82. The van der Waals surface area contributed by atoms with E-state index in [4.69, 9.17) is 5.73 Å². The maximum Gasteiger partial charge on any atom is 0.501 e. The Morgan fingerprint density at radius 3 is 2.46 bits per heavy atom. The molecule has 0 bridgehead atoms. The number of anilines is 2. The summed E-state index contributed by atoms with van der Waals surface area (Å²) in [7, 11) is -5.52. The van der Waals surface area contributed by atoms with Crippen molar-refractivity contribution in [2.45, 2.75) is 48.2 Å². The van der Waals surface area contributed by atoms with Gasteiger partial charge in [0.2, 0.25) is 0 Å². The second kappa shape index (κ2) is 10.2. The molecule has 2 aromatic rings. The van der Waals surface area contributed by atoms with Crippen LogP contribution in [0, 0.1) is 17.2 Å². The van der Waals surface area contributed by atoms with E-state index < -0.39 is 51.1 Å². The van der Waals surface area contributed by atoms with Crippen molar-refractivity contribution < 1.29 is 35.2 Å². The van der Waals surface area contributed by atoms with Gasteiger partial charge < -0.3 is 16.4 Å². The van der Waals surface area contributed by atoms with Gasteiger partial charge in [0.1, 0.15) is 5.56 Å². The zero-order chi connectivity index (χ0) is 26.0. The molecule has 1 aliphatic carbocycles. The highest BCUT2D eigenvalue weighted by Crippen LogP contribution is 2.35. The molecule has 0 aliphatic heterocycles. The Bertz CT molecular complexity index is 1210. The van der Waals surface area contributed by atoms with Crippen LogP contribution < -0.4 is 16.4 Å². The van der Waals surface area contributed by atoms with Crippen molar-refractivity contribution in [3.8, 4) is 6.07 Å². The minimum Gasteiger partial charge on any atom is -0.365 e. The zero-order valence-corrected chi connectivity index (χ0v) is 18.8. The Balaban J connectivity index is 1.81. The Morgan fingerprint density at radius 1 is 1.26 bits per heavy atom. The van der Waals surface area contributed by atoms with Crippen LogP contribution in [0.4, 0.5) is 33.5 Å². The first-order valence-electron chi connectivity index (χ1n) is 10.3. The van der Waals surface area contributed by atoms with Crippen molar-refractivity contribution in [1.82, 2.24) is 15.1 Å². The summed E-state index contributed by atoms with van der Waals surface area (Å²) in [6.07, 6.45) is -0.0114. The molecular formula is C20H21F5N6O3S. The first kappa shape index (κ1) is 26.4. The molecule has 1 aliphatic rings. The van der Waals surface area contributed by atoms with Crippen molar-refractivity contribution in [1.29, 1.82) is 5.26 Å². The molecule has 0 spiro atoms. The van der Waals surface area contributed by atoms with Crippen LogP contribution in [0.1, 0.15) is 35.7 Å². The number of halogens is 5. The zero-order valence-electron chi connectivity index (χ0n) is 18.0. The second-order valence-corrected chi connectivity index (χ2v) is 9.89. The monoisotopic (exact) mass is 520 g/mol. The predicted molar refractivity (Wildman–Crippen MR) is 113 cm³/mol. The number of nitrogens with one attached hydrogen (secondary N) is 2. The van der Waals surface area contributed by atoms with Gasteiger partial charge >= 0.3 is 5.51 Å². The van der Waals surface area contributed by atoms with Crippen LogP contribution in [-0.4, -0.2) is 48.6 Å². The smallest absolute Gasteiger partial charge is 0.365 e. The Hall–Kier alpha value is -3.25. The summed E-state index contributed by atoms with van der Waals surface area (Å²) in [5, 5.41) is 19.3. The molecule has 1 heterocycles. The number of carbonyl (C=O) groups is 1. The number of amides is 1. The molecule has 0 radical (unpaired) electrons. The summed E-state index contributed by atoms with van der Waals surface area (Å²) in [6, 6.07) is 5.03. The van der Waals surface area contributed by atoms with Crippen LogP contribution in [-0.2, 0) is 9.84 Å². The van der Waals surface area contributed by atoms with Gasteiger partial charge in [-0.2, -0.15) is 23.5 Å². The largest absolute Gasteiger partial charge is 0.501 e. The molecule has 1 aromatic carbocycles. The van der Waals surface area contributed by atoms with Crippen LogP contribution in [0.15, 0.2) is 35.4 Å². The van der Waals surface area contributed by atoms with Crippen LogP contribution >= 0.6 is 0 Å². The van der Waals surface area contributed by atoms with E-state index in [1.165, 1.54) is 10.9 Å². The standard InChI is InChI=1S/C20H21F5N6O3S/c21-17(22)9-28-13-3-6-16(11(7-13)8-26)31-10-15(18(27)32)19(30-31)29-12-1-4-14(5-2-12)35(33,34)20(23,24)25/h1-2,4-5,10-11,13,16-17,28H,3,6-7,9H2,(H2,27,32)(H,29,30)/t11-,13+,16+/m1/s1. The topological polar surface area (TPSA) is 143 Å². The molecule has 1 amide bonds. The summed E-state index contributed by atoms with van der Waals surface area (Å²) >= 11 is 0. The fraction of sp³-hybridized carbons (Fsp3) is 0.450. The van der Waals surface area contributed by atoms with Gasteiger partial charge in [0.15, 0.2) is 5.82 Å². The van der Waals surface area contributed by atoms with Crippen LogP contribution in [0.2, 0.25) is 0 Å². The van der Waals surface area contributed by atoms with E-state index in [1.807, 2.05) is 0 Å². The molecule has 1 aromatic heterocycles. The van der Waals surface area contributed by atoms with E-state index in [0.29, 0.717) is 12.8 Å². The van der Waals surface area contributed by atoms with Gasteiger partial charge in [-0.15, -0.1) is 0 Å². The van der Waals surface area contributed by atoms with E-state index in [9.17, 15) is 40.4 Å². The number of hydrogen-bond donors (Lipinski definition) is 3. The molecule has 9 nitrogen and oxygen atoms in total. The Labute approximate surface area is 197 Å². The van der Waals surface area contributed by atoms with Crippen molar-refractivity contribution in [2.75, 3.05) is 11.9 Å². The number of nitrogens with two attached hydrogens (primary N) is 1. The van der Waals surface area contributed by atoms with E-state index in [1.54, 1.807) is 0 Å². The number of benzene rings is 1. The van der Waals surface area contributed by atoms with Crippen molar-refractivity contribution >= 4 is 27.2 Å². The summed E-state index contributed by atoms with van der Waals surface area (Å²) in [6.45, 7) is -0.488. The number of nitrogens with zero attached hydrogens (tertiary/aromatic N) is 3. The lowest BCUT2D eigenvalue weighted by Crippen LogP contribution is -2.40. The summed E-state index contributed by atoms with van der Waals surface area (Å²) in [4.78, 5) is 11.0. The van der Waals surface area contributed by atoms with Gasteiger partial charge in [0, 0.05) is 17.9 Å². The third-order valence-corrected chi connectivity index (χ3v) is 7.11. The molecule has 190 valence electrons. The van der Waals surface area contributed by atoms with Crippen molar-refractivity contribution in [2.24, 2.45) is 11.7 Å². The van der Waals surface area contributed by atoms with Crippen LogP contribution in [0.5, 0.6) is 0 Å². The lowest BCUT2D eigenvalue weighted by Gasteiger charge is -2.33. The van der Waals surface area contributed by atoms with Gasteiger partial charge in [-0.3, -0.25) is 9.48 Å². The maximum absolute atomic E-state index is 12.7. The summed E-state index contributed by atoms with van der Waals surface area (Å²) in [5.41, 5.74) is 0.0329. The fourth-order valence-corrected chi connectivity index (χ4v) is 4.63. The lowest BCUT2D eigenvalue weighted by molar-refractivity contribution is -0.0436. The molecule has 0 saturated heterocycles. The maximum atomic E-state index is 12.7. The third-order valence-electron chi connectivity index (χ3n) is 5.61. The van der Waals surface area contributed by atoms with E-state index in [0.717, 1.165) is 24.3 Å². The summed E-state index contributed by atoms with van der Waals surface area (Å²) in [5.74, 6) is -1.51. The van der Waals surface area contributed by atoms with Gasteiger partial charge in [-0.1, -0.05) is 0 Å². The Morgan fingerprint density at radius 2 is 1.91 bits per heavy atom. The second-order valence-electron chi connectivity index (χ2n) is 7.95. The van der Waals surface area contributed by atoms with E-state index in [-0.39, 0.29) is 29.5 Å². The summed E-state index contributed by atoms with van der Waals surface area (Å²) < 4.78 is 87.5. The normalized spacial score (nSPS) is 21.0. The van der Waals surface area contributed by atoms with Crippen LogP contribution in [0.3, 0.4) is 0 Å². The number of hydrogen-bond acceptors (Lipinski definition) is 7. The number of nitriles is 1. The van der Waals surface area contributed by atoms with E-state index >= 15 is 0 Å². The molecule has 3 atom stereocenters. The number of aromatic nitrogens is 2. The highest BCUT2D eigenvalue weighted by molar-refractivity contribution is 7.92. The first-order chi connectivity index (χ1) is 16.3. The quantitative estimate of drug-likeness (QED) is 0.454. The predicted octanol–water partition coefficient (Wildman–Crippen LogP) is 3.11. The van der Waals surface area contributed by atoms with Gasteiger partial charge in [0.05, 0.1) is 29.5 Å². The van der Waals surface area contributed by atoms with Crippen molar-refractivity contribution in [3.05, 3.63) is 36.0 Å². The number of carbonyl (C=O) groups excluding carboxylic acids is 1. The Kier molecular flexibility index (Phi) is 7.65. The molecule has 0 unspecified atom stereocenters. The number of alkyl halides is 5. The van der Waals surface area contributed by atoms with Crippen molar-refractivity contribution in [3.63, 3.8) is 0 Å². The number of rotatable bonds is 8. The fourth-order valence-electron chi connectivity index (χ4n) is 3.87. The molecule has 1 saturated carbocycles. The highest BCUT2D eigenvalue weighted by Gasteiger charge is 2.46. The highest BCUT2D eigenvalue weighted by atomic mass is 32.2. The van der Waals surface area contributed by atoms with Gasteiger partial charge in [0.25, 0.3) is 22.2 Å². The average Bonchev–Trinajstić information content (AvgIpc) is 3.21. The molecule has 3 rings (SSSR count). The minimum absolute atomic E-state index is 0.0430. The van der Waals surface area contributed by atoms with Gasteiger partial charge in [-0.05, 0) is 43.5 Å². The van der Waals surface area contributed by atoms with Gasteiger partial charge in [-0.25, -0.2) is 17.2 Å². The molecular weight excluding hydrogens is 499 g/mol. The SMILES string of the molecule is N#C[C@H]1C[C@@H](NCC(F)F)CC[C@@H]1n1cc(C(N)=O)c(Nc2ccc(S(=O)(=O)C(F)(F)F)cc2)n1. The first-order valence-corrected chi connectivity index (χ1v) is 11.8. The third kappa shape index (κ3) is 5.88. The average molecular weight is 520 g/mol.